The maximum Gasteiger partial charge on any atom is 0.191 e. The van der Waals surface area contributed by atoms with E-state index in [1.54, 1.807) is 11.8 Å². The Morgan fingerprint density at radius 1 is 1.26 bits per heavy atom. The van der Waals surface area contributed by atoms with Gasteiger partial charge < -0.3 is 15.2 Å². The first kappa shape index (κ1) is 17.5. The van der Waals surface area contributed by atoms with Gasteiger partial charge in [-0.05, 0) is 48.9 Å². The lowest BCUT2D eigenvalue weighted by Gasteiger charge is -2.13. The smallest absolute Gasteiger partial charge is 0.191 e. The van der Waals surface area contributed by atoms with Gasteiger partial charge in [0.05, 0.1) is 6.54 Å². The summed E-state index contributed by atoms with van der Waals surface area (Å²) in [6, 6.07) is 8.67. The predicted molar refractivity (Wildman–Crippen MR) is 100 cm³/mol. The maximum absolute atomic E-state index is 4.66. The van der Waals surface area contributed by atoms with Crippen LogP contribution in [0.2, 0.25) is 0 Å². The number of nitrogens with one attached hydrogen (secondary N) is 2. The number of guanidine groups is 1. The van der Waals surface area contributed by atoms with Gasteiger partial charge in [-0.1, -0.05) is 12.1 Å². The van der Waals surface area contributed by atoms with Gasteiger partial charge in [0.25, 0.3) is 0 Å². The molecule has 2 N–H and O–H groups in total. The molecule has 0 saturated heterocycles. The molecule has 4 nitrogen and oxygen atoms in total. The van der Waals surface area contributed by atoms with Crippen molar-refractivity contribution in [3.8, 4) is 0 Å². The Hall–Kier alpha value is -1.88. The van der Waals surface area contributed by atoms with Gasteiger partial charge in [-0.2, -0.15) is 0 Å². The topological polar surface area (TPSA) is 41.4 Å². The molecule has 0 saturated carbocycles. The highest BCUT2D eigenvalue weighted by atomic mass is 32.2. The molecule has 23 heavy (non-hydrogen) atoms. The van der Waals surface area contributed by atoms with Gasteiger partial charge in [-0.25, -0.2) is 4.99 Å². The Morgan fingerprint density at radius 3 is 2.74 bits per heavy atom. The zero-order chi connectivity index (χ0) is 16.7. The van der Waals surface area contributed by atoms with Crippen LogP contribution in [0.1, 0.15) is 23.6 Å². The Bertz CT molecular complexity index is 661. The highest BCUT2D eigenvalue weighted by molar-refractivity contribution is 7.98. The van der Waals surface area contributed by atoms with E-state index in [0.717, 1.165) is 19.0 Å². The van der Waals surface area contributed by atoms with E-state index in [2.05, 4.69) is 66.2 Å². The SMILES string of the molecule is CCNC(=NCc1ccn(C)c1)NCc1ccc(C)cc1SC. The Labute approximate surface area is 143 Å². The van der Waals surface area contributed by atoms with Crippen LogP contribution in [0.25, 0.3) is 0 Å². The number of hydrogen-bond donors (Lipinski definition) is 2. The van der Waals surface area contributed by atoms with Crippen LogP contribution < -0.4 is 10.6 Å². The van der Waals surface area contributed by atoms with Crippen LogP contribution in [0.4, 0.5) is 0 Å². The van der Waals surface area contributed by atoms with E-state index in [4.69, 9.17) is 0 Å². The Balaban J connectivity index is 2.01. The minimum Gasteiger partial charge on any atom is -0.357 e. The molecule has 1 heterocycles. The van der Waals surface area contributed by atoms with Crippen LogP contribution in [0.3, 0.4) is 0 Å². The van der Waals surface area contributed by atoms with Crippen molar-refractivity contribution < 1.29 is 0 Å². The molecular formula is C18H26N4S. The van der Waals surface area contributed by atoms with Gasteiger partial charge in [0.15, 0.2) is 5.96 Å². The first-order chi connectivity index (χ1) is 11.1. The van der Waals surface area contributed by atoms with E-state index >= 15 is 0 Å². The Kier molecular flexibility index (Phi) is 6.59. The van der Waals surface area contributed by atoms with Crippen LogP contribution in [0.15, 0.2) is 46.5 Å². The third-order valence-electron chi connectivity index (χ3n) is 3.55. The number of aliphatic imine (C=N–C) groups is 1. The fourth-order valence-corrected chi connectivity index (χ4v) is 3.05. The van der Waals surface area contributed by atoms with Crippen molar-refractivity contribution in [3.63, 3.8) is 0 Å². The second-order valence-electron chi connectivity index (χ2n) is 5.55. The summed E-state index contributed by atoms with van der Waals surface area (Å²) in [6.07, 6.45) is 6.26. The van der Waals surface area contributed by atoms with Crippen molar-refractivity contribution in [1.29, 1.82) is 0 Å². The molecule has 0 amide bonds. The molecule has 0 radical (unpaired) electrons. The number of aromatic nitrogens is 1. The van der Waals surface area contributed by atoms with Gasteiger partial charge >= 0.3 is 0 Å². The summed E-state index contributed by atoms with van der Waals surface area (Å²) in [6.45, 7) is 6.52. The van der Waals surface area contributed by atoms with Crippen molar-refractivity contribution in [2.24, 2.45) is 12.0 Å². The number of rotatable bonds is 6. The molecule has 1 aromatic heterocycles. The summed E-state index contributed by atoms with van der Waals surface area (Å²) in [5.74, 6) is 0.851. The standard InChI is InChI=1S/C18H26N4S/c1-5-19-18(20-11-15-8-9-22(3)13-15)21-12-16-7-6-14(2)10-17(16)23-4/h6-10,13H,5,11-12H2,1-4H3,(H2,19,20,21). The zero-order valence-electron chi connectivity index (χ0n) is 14.4. The summed E-state index contributed by atoms with van der Waals surface area (Å²) < 4.78 is 2.04. The van der Waals surface area contributed by atoms with E-state index in [9.17, 15) is 0 Å². The average Bonchev–Trinajstić information content (AvgIpc) is 2.96. The van der Waals surface area contributed by atoms with Crippen LogP contribution >= 0.6 is 11.8 Å². The largest absolute Gasteiger partial charge is 0.357 e. The van der Waals surface area contributed by atoms with Gasteiger partial charge in [0.1, 0.15) is 0 Å². The monoisotopic (exact) mass is 330 g/mol. The van der Waals surface area contributed by atoms with Crippen molar-refractivity contribution in [3.05, 3.63) is 53.3 Å². The lowest BCUT2D eigenvalue weighted by atomic mass is 10.1. The maximum atomic E-state index is 4.66. The molecule has 0 aliphatic heterocycles. The van der Waals surface area contributed by atoms with Gasteiger partial charge in [-0.3, -0.25) is 0 Å². The highest BCUT2D eigenvalue weighted by Crippen LogP contribution is 2.21. The zero-order valence-corrected chi connectivity index (χ0v) is 15.2. The summed E-state index contributed by atoms with van der Waals surface area (Å²) in [4.78, 5) is 5.98. The van der Waals surface area contributed by atoms with E-state index < -0.39 is 0 Å². The van der Waals surface area contributed by atoms with Crippen molar-refractivity contribution >= 4 is 17.7 Å². The summed E-state index contributed by atoms with van der Waals surface area (Å²) in [5.41, 5.74) is 3.81. The molecule has 2 aromatic rings. The summed E-state index contributed by atoms with van der Waals surface area (Å²) in [5, 5.41) is 6.73. The molecule has 0 unspecified atom stereocenters. The third-order valence-corrected chi connectivity index (χ3v) is 4.37. The Morgan fingerprint density at radius 2 is 2.09 bits per heavy atom. The molecule has 5 heteroatoms. The molecule has 2 rings (SSSR count). The summed E-state index contributed by atoms with van der Waals surface area (Å²) >= 11 is 1.78. The molecule has 0 aliphatic carbocycles. The molecule has 0 aliphatic rings. The molecule has 0 atom stereocenters. The highest BCUT2D eigenvalue weighted by Gasteiger charge is 2.04. The van der Waals surface area contributed by atoms with Crippen LogP contribution in [-0.4, -0.2) is 23.3 Å². The minimum atomic E-state index is 0.680. The fraction of sp³-hybridized carbons (Fsp3) is 0.389. The first-order valence-electron chi connectivity index (χ1n) is 7.89. The number of thioether (sulfide) groups is 1. The van der Waals surface area contributed by atoms with Gasteiger partial charge in [0.2, 0.25) is 0 Å². The van der Waals surface area contributed by atoms with Crippen molar-refractivity contribution in [1.82, 2.24) is 15.2 Å². The van der Waals surface area contributed by atoms with E-state index in [0.29, 0.717) is 6.54 Å². The second-order valence-corrected chi connectivity index (χ2v) is 6.40. The van der Waals surface area contributed by atoms with Crippen molar-refractivity contribution in [2.45, 2.75) is 31.8 Å². The predicted octanol–water partition coefficient (Wildman–Crippen LogP) is 3.31. The lowest BCUT2D eigenvalue weighted by molar-refractivity contribution is 0.806. The molecular weight excluding hydrogens is 304 g/mol. The number of hydrogen-bond acceptors (Lipinski definition) is 2. The van der Waals surface area contributed by atoms with Crippen LogP contribution in [0.5, 0.6) is 0 Å². The molecule has 0 fully saturated rings. The molecule has 124 valence electrons. The molecule has 1 aromatic carbocycles. The first-order valence-corrected chi connectivity index (χ1v) is 9.11. The van der Waals surface area contributed by atoms with E-state index in [1.165, 1.54) is 21.6 Å². The second kappa shape index (κ2) is 8.67. The number of benzene rings is 1. The molecule has 0 spiro atoms. The number of nitrogens with zero attached hydrogens (tertiary/aromatic N) is 2. The van der Waals surface area contributed by atoms with Crippen LogP contribution in [0, 0.1) is 6.92 Å². The van der Waals surface area contributed by atoms with Gasteiger partial charge in [-0.15, -0.1) is 11.8 Å². The van der Waals surface area contributed by atoms with Crippen LogP contribution in [-0.2, 0) is 20.1 Å². The minimum absolute atomic E-state index is 0.680. The fourth-order valence-electron chi connectivity index (χ4n) is 2.34. The summed E-state index contributed by atoms with van der Waals surface area (Å²) in [7, 11) is 2.03. The van der Waals surface area contributed by atoms with E-state index in [1.807, 2.05) is 17.8 Å². The molecule has 0 bridgehead atoms. The lowest BCUT2D eigenvalue weighted by Crippen LogP contribution is -2.36. The number of aryl methyl sites for hydroxylation is 2. The average molecular weight is 331 g/mol. The third kappa shape index (κ3) is 5.36. The van der Waals surface area contributed by atoms with E-state index in [-0.39, 0.29) is 0 Å². The van der Waals surface area contributed by atoms with Gasteiger partial charge in [0, 0.05) is 37.4 Å². The van der Waals surface area contributed by atoms with Crippen molar-refractivity contribution in [2.75, 3.05) is 12.8 Å². The quantitative estimate of drug-likeness (QED) is 0.485. The normalized spacial score (nSPS) is 11.6.